The van der Waals surface area contributed by atoms with Gasteiger partial charge < -0.3 is 15.2 Å². The molecule has 3 atom stereocenters. The SMILES string of the molecule is CCC(Oc1ccccc1)C(=O)NC1C=CC(C(=O)O)C1. The van der Waals surface area contributed by atoms with Crippen LogP contribution < -0.4 is 10.1 Å². The normalized spacial score (nSPS) is 21.8. The monoisotopic (exact) mass is 289 g/mol. The van der Waals surface area contributed by atoms with Gasteiger partial charge in [-0.05, 0) is 25.0 Å². The number of nitrogens with one attached hydrogen (secondary N) is 1. The predicted octanol–water partition coefficient (Wildman–Crippen LogP) is 1.99. The third-order valence-corrected chi connectivity index (χ3v) is 3.41. The van der Waals surface area contributed by atoms with Crippen LogP contribution in [0.15, 0.2) is 42.5 Å². The zero-order valence-electron chi connectivity index (χ0n) is 11.9. The summed E-state index contributed by atoms with van der Waals surface area (Å²) in [6.07, 6.45) is 3.70. The molecule has 0 fully saturated rings. The third kappa shape index (κ3) is 4.08. The van der Waals surface area contributed by atoms with E-state index in [9.17, 15) is 9.59 Å². The highest BCUT2D eigenvalue weighted by Crippen LogP contribution is 2.19. The van der Waals surface area contributed by atoms with Crippen LogP contribution in [0.3, 0.4) is 0 Å². The second-order valence-corrected chi connectivity index (χ2v) is 5.01. The van der Waals surface area contributed by atoms with Crippen LogP contribution in [-0.4, -0.2) is 29.1 Å². The molecule has 0 radical (unpaired) electrons. The van der Waals surface area contributed by atoms with Gasteiger partial charge in [-0.25, -0.2) is 0 Å². The second-order valence-electron chi connectivity index (χ2n) is 5.01. The van der Waals surface area contributed by atoms with Crippen LogP contribution in [0.1, 0.15) is 19.8 Å². The van der Waals surface area contributed by atoms with Crippen molar-refractivity contribution in [2.45, 2.75) is 31.9 Å². The van der Waals surface area contributed by atoms with Crippen LogP contribution in [0.25, 0.3) is 0 Å². The summed E-state index contributed by atoms with van der Waals surface area (Å²) in [6, 6.07) is 8.92. The molecular formula is C16H19NO4. The number of carbonyl (C=O) groups is 2. The lowest BCUT2D eigenvalue weighted by Gasteiger charge is -2.19. The van der Waals surface area contributed by atoms with Crippen molar-refractivity contribution in [1.82, 2.24) is 5.32 Å². The number of carboxylic acid groups (broad SMARTS) is 1. The number of carbonyl (C=O) groups excluding carboxylic acids is 1. The highest BCUT2D eigenvalue weighted by molar-refractivity contribution is 5.82. The van der Waals surface area contributed by atoms with Gasteiger partial charge in [0.1, 0.15) is 5.75 Å². The topological polar surface area (TPSA) is 75.6 Å². The van der Waals surface area contributed by atoms with Crippen molar-refractivity contribution in [3.05, 3.63) is 42.5 Å². The van der Waals surface area contributed by atoms with Gasteiger partial charge in [0.2, 0.25) is 0 Å². The molecule has 1 aliphatic carbocycles. The summed E-state index contributed by atoms with van der Waals surface area (Å²) in [5, 5.41) is 11.7. The first kappa shape index (κ1) is 15.1. The maximum Gasteiger partial charge on any atom is 0.310 e. The van der Waals surface area contributed by atoms with Crippen LogP contribution in [0.4, 0.5) is 0 Å². The van der Waals surface area contributed by atoms with Gasteiger partial charge in [0, 0.05) is 6.04 Å². The molecule has 0 aromatic heterocycles. The van der Waals surface area contributed by atoms with Crippen LogP contribution >= 0.6 is 0 Å². The maximum atomic E-state index is 12.2. The first-order valence-corrected chi connectivity index (χ1v) is 7.03. The van der Waals surface area contributed by atoms with Crippen molar-refractivity contribution < 1.29 is 19.4 Å². The molecule has 5 nitrogen and oxygen atoms in total. The zero-order chi connectivity index (χ0) is 15.2. The Morgan fingerprint density at radius 1 is 1.33 bits per heavy atom. The number of aliphatic carboxylic acids is 1. The molecule has 5 heteroatoms. The molecule has 0 spiro atoms. The highest BCUT2D eigenvalue weighted by Gasteiger charge is 2.27. The maximum absolute atomic E-state index is 12.2. The van der Waals surface area contributed by atoms with Crippen molar-refractivity contribution in [2.75, 3.05) is 0 Å². The summed E-state index contributed by atoms with van der Waals surface area (Å²) >= 11 is 0. The summed E-state index contributed by atoms with van der Waals surface area (Å²) in [5.74, 6) is -0.965. The zero-order valence-corrected chi connectivity index (χ0v) is 11.9. The Hall–Kier alpha value is -2.30. The van der Waals surface area contributed by atoms with Gasteiger partial charge in [-0.15, -0.1) is 0 Å². The third-order valence-electron chi connectivity index (χ3n) is 3.41. The Kier molecular flexibility index (Phi) is 4.98. The number of hydrogen-bond donors (Lipinski definition) is 2. The summed E-state index contributed by atoms with van der Waals surface area (Å²) in [4.78, 5) is 23.1. The molecule has 3 unspecified atom stereocenters. The van der Waals surface area contributed by atoms with Gasteiger partial charge in [-0.3, -0.25) is 9.59 Å². The largest absolute Gasteiger partial charge is 0.481 e. The Labute approximate surface area is 123 Å². The molecule has 1 amide bonds. The van der Waals surface area contributed by atoms with Gasteiger partial charge in [0.05, 0.1) is 5.92 Å². The number of amides is 1. The quantitative estimate of drug-likeness (QED) is 0.785. The molecule has 2 rings (SSSR count). The molecule has 21 heavy (non-hydrogen) atoms. The van der Waals surface area contributed by atoms with Gasteiger partial charge in [-0.1, -0.05) is 37.3 Å². The van der Waals surface area contributed by atoms with Crippen molar-refractivity contribution in [2.24, 2.45) is 5.92 Å². The van der Waals surface area contributed by atoms with Crippen molar-refractivity contribution in [3.63, 3.8) is 0 Å². The fourth-order valence-electron chi connectivity index (χ4n) is 2.25. The lowest BCUT2D eigenvalue weighted by atomic mass is 10.1. The van der Waals surface area contributed by atoms with Crippen molar-refractivity contribution in [3.8, 4) is 5.75 Å². The Bertz CT molecular complexity index is 526. The van der Waals surface area contributed by atoms with Gasteiger partial charge >= 0.3 is 5.97 Å². The molecule has 1 aromatic rings. The smallest absolute Gasteiger partial charge is 0.310 e. The van der Waals surface area contributed by atoms with Crippen LogP contribution in [-0.2, 0) is 9.59 Å². The fourth-order valence-corrected chi connectivity index (χ4v) is 2.25. The number of rotatable bonds is 6. The van der Waals surface area contributed by atoms with E-state index < -0.39 is 18.0 Å². The number of benzene rings is 1. The lowest BCUT2D eigenvalue weighted by Crippen LogP contribution is -2.42. The summed E-state index contributed by atoms with van der Waals surface area (Å²) in [5.41, 5.74) is 0. The van der Waals surface area contributed by atoms with E-state index in [1.54, 1.807) is 24.3 Å². The van der Waals surface area contributed by atoms with E-state index in [2.05, 4.69) is 5.32 Å². The number of ether oxygens (including phenoxy) is 1. The average molecular weight is 289 g/mol. The lowest BCUT2D eigenvalue weighted by molar-refractivity contribution is -0.140. The van der Waals surface area contributed by atoms with Gasteiger partial charge in [0.15, 0.2) is 6.10 Å². The Morgan fingerprint density at radius 2 is 2.05 bits per heavy atom. The summed E-state index contributed by atoms with van der Waals surface area (Å²) < 4.78 is 5.66. The molecule has 0 saturated carbocycles. The fraction of sp³-hybridized carbons (Fsp3) is 0.375. The first-order chi connectivity index (χ1) is 10.1. The van der Waals surface area contributed by atoms with E-state index in [1.165, 1.54) is 0 Å². The van der Waals surface area contributed by atoms with Gasteiger partial charge in [-0.2, -0.15) is 0 Å². The highest BCUT2D eigenvalue weighted by atomic mass is 16.5. The standard InChI is InChI=1S/C16H19NO4/c1-2-14(21-13-6-4-3-5-7-13)15(18)17-12-9-8-11(10-12)16(19)20/h3-9,11-12,14H,2,10H2,1H3,(H,17,18)(H,19,20). The molecule has 1 aromatic carbocycles. The van der Waals surface area contributed by atoms with Crippen LogP contribution in [0.2, 0.25) is 0 Å². The molecule has 112 valence electrons. The number of carboxylic acids is 1. The average Bonchev–Trinajstić information content (AvgIpc) is 2.94. The number of hydrogen-bond acceptors (Lipinski definition) is 3. The summed E-state index contributed by atoms with van der Waals surface area (Å²) in [6.45, 7) is 1.87. The van der Waals surface area contributed by atoms with E-state index in [1.807, 2.05) is 25.1 Å². The molecule has 0 aliphatic heterocycles. The van der Waals surface area contributed by atoms with Crippen LogP contribution in [0, 0.1) is 5.92 Å². The Morgan fingerprint density at radius 3 is 2.62 bits per heavy atom. The van der Waals surface area contributed by atoms with Gasteiger partial charge in [0.25, 0.3) is 5.91 Å². The molecule has 2 N–H and O–H groups in total. The first-order valence-electron chi connectivity index (χ1n) is 7.03. The second kappa shape index (κ2) is 6.92. The van der Waals surface area contributed by atoms with Crippen molar-refractivity contribution >= 4 is 11.9 Å². The molecule has 0 heterocycles. The predicted molar refractivity (Wildman–Crippen MR) is 78.0 cm³/mol. The van der Waals surface area contributed by atoms with Crippen LogP contribution in [0.5, 0.6) is 5.75 Å². The Balaban J connectivity index is 1.89. The number of para-hydroxylation sites is 1. The van der Waals surface area contributed by atoms with E-state index in [0.29, 0.717) is 18.6 Å². The minimum absolute atomic E-state index is 0.220. The van der Waals surface area contributed by atoms with E-state index >= 15 is 0 Å². The minimum atomic E-state index is -0.865. The minimum Gasteiger partial charge on any atom is -0.481 e. The molecular weight excluding hydrogens is 270 g/mol. The van der Waals surface area contributed by atoms with E-state index in [4.69, 9.17) is 9.84 Å². The van der Waals surface area contributed by atoms with E-state index in [0.717, 1.165) is 0 Å². The molecule has 0 bridgehead atoms. The van der Waals surface area contributed by atoms with Crippen molar-refractivity contribution in [1.29, 1.82) is 0 Å². The van der Waals surface area contributed by atoms with E-state index in [-0.39, 0.29) is 11.9 Å². The summed E-state index contributed by atoms with van der Waals surface area (Å²) in [7, 11) is 0. The molecule has 1 aliphatic rings. The molecule has 0 saturated heterocycles.